The average Bonchev–Trinajstić information content (AvgIpc) is 2.45. The molecule has 0 unspecified atom stereocenters. The molecular weight excluding hydrogens is 250 g/mol. The largest absolute Gasteiger partial charge is 0.389 e. The second-order valence-electron chi connectivity index (χ2n) is 6.33. The number of ether oxygens (including phenoxy) is 1. The Labute approximate surface area is 122 Å². The number of fused-ring (bicyclic) bond motifs is 1. The summed E-state index contributed by atoms with van der Waals surface area (Å²) in [5.41, 5.74) is 2.69. The van der Waals surface area contributed by atoms with Gasteiger partial charge in [0.2, 0.25) is 0 Å². The molecule has 1 aliphatic heterocycles. The van der Waals surface area contributed by atoms with Gasteiger partial charge in [0.1, 0.15) is 0 Å². The highest BCUT2D eigenvalue weighted by molar-refractivity contribution is 5.29. The summed E-state index contributed by atoms with van der Waals surface area (Å²) in [4.78, 5) is 2.31. The molecule has 0 fully saturated rings. The van der Waals surface area contributed by atoms with Crippen LogP contribution in [0.15, 0.2) is 24.3 Å². The van der Waals surface area contributed by atoms with Gasteiger partial charge in [0.15, 0.2) is 0 Å². The van der Waals surface area contributed by atoms with Crippen molar-refractivity contribution in [3.8, 4) is 0 Å². The van der Waals surface area contributed by atoms with Gasteiger partial charge >= 0.3 is 0 Å². The Morgan fingerprint density at radius 2 is 2.00 bits per heavy atom. The molecule has 20 heavy (non-hydrogen) atoms. The highest BCUT2D eigenvalue weighted by atomic mass is 16.5. The number of aliphatic hydroxyl groups is 1. The van der Waals surface area contributed by atoms with Gasteiger partial charge in [0, 0.05) is 19.6 Å². The number of benzene rings is 1. The molecule has 1 atom stereocenters. The van der Waals surface area contributed by atoms with Crippen LogP contribution >= 0.6 is 0 Å². The van der Waals surface area contributed by atoms with E-state index in [9.17, 15) is 5.11 Å². The molecule has 1 aromatic rings. The summed E-state index contributed by atoms with van der Waals surface area (Å²) < 4.78 is 5.77. The zero-order valence-electron chi connectivity index (χ0n) is 12.9. The lowest BCUT2D eigenvalue weighted by Gasteiger charge is -2.31. The first-order chi connectivity index (χ1) is 9.50. The molecule has 0 spiro atoms. The van der Waals surface area contributed by atoms with E-state index in [4.69, 9.17) is 4.74 Å². The standard InChI is InChI=1S/C17H27NO2/c1-4-17(2,3)20-13-16(19)12-18-10-9-14-7-5-6-8-15(14)11-18/h5-8,16,19H,4,9-13H2,1-3H3/t16-/m1/s1. The summed E-state index contributed by atoms with van der Waals surface area (Å²) in [7, 11) is 0. The number of hydrogen-bond acceptors (Lipinski definition) is 3. The summed E-state index contributed by atoms with van der Waals surface area (Å²) in [6.07, 6.45) is 1.62. The molecule has 0 aromatic heterocycles. The van der Waals surface area contributed by atoms with Crippen LogP contribution < -0.4 is 0 Å². The molecule has 0 radical (unpaired) electrons. The highest BCUT2D eigenvalue weighted by Gasteiger charge is 2.21. The molecule has 0 saturated carbocycles. The van der Waals surface area contributed by atoms with Crippen molar-refractivity contribution in [3.63, 3.8) is 0 Å². The SMILES string of the molecule is CCC(C)(C)OC[C@H](O)CN1CCc2ccccc2C1. The molecule has 1 N–H and O–H groups in total. The quantitative estimate of drug-likeness (QED) is 0.867. The Kier molecular flexibility index (Phi) is 5.19. The minimum atomic E-state index is -0.411. The van der Waals surface area contributed by atoms with Crippen LogP contribution in [0.1, 0.15) is 38.3 Å². The Hall–Kier alpha value is -0.900. The third kappa shape index (κ3) is 4.30. The van der Waals surface area contributed by atoms with Crippen molar-refractivity contribution in [2.75, 3.05) is 19.7 Å². The fraction of sp³-hybridized carbons (Fsp3) is 0.647. The van der Waals surface area contributed by atoms with Crippen LogP contribution in [0.5, 0.6) is 0 Å². The minimum absolute atomic E-state index is 0.143. The van der Waals surface area contributed by atoms with E-state index in [1.54, 1.807) is 0 Å². The molecule has 1 aliphatic rings. The predicted octanol–water partition coefficient (Wildman–Crippen LogP) is 2.61. The van der Waals surface area contributed by atoms with Gasteiger partial charge in [-0.15, -0.1) is 0 Å². The third-order valence-corrected chi connectivity index (χ3v) is 4.20. The topological polar surface area (TPSA) is 32.7 Å². The van der Waals surface area contributed by atoms with Crippen LogP contribution in [0, 0.1) is 0 Å². The lowest BCUT2D eigenvalue weighted by atomic mass is 10.00. The minimum Gasteiger partial charge on any atom is -0.389 e. The number of aliphatic hydroxyl groups excluding tert-OH is 1. The van der Waals surface area contributed by atoms with Gasteiger partial charge < -0.3 is 9.84 Å². The molecular formula is C17H27NO2. The summed E-state index contributed by atoms with van der Waals surface area (Å²) in [6, 6.07) is 8.58. The maximum Gasteiger partial charge on any atom is 0.0900 e. The van der Waals surface area contributed by atoms with Crippen molar-refractivity contribution in [3.05, 3.63) is 35.4 Å². The first-order valence-electron chi connectivity index (χ1n) is 7.61. The third-order valence-electron chi connectivity index (χ3n) is 4.20. The smallest absolute Gasteiger partial charge is 0.0900 e. The molecule has 1 aromatic carbocycles. The Balaban J connectivity index is 1.80. The maximum atomic E-state index is 10.1. The van der Waals surface area contributed by atoms with Crippen molar-refractivity contribution < 1.29 is 9.84 Å². The number of nitrogens with zero attached hydrogens (tertiary/aromatic N) is 1. The van der Waals surface area contributed by atoms with Gasteiger partial charge in [-0.05, 0) is 37.8 Å². The van der Waals surface area contributed by atoms with E-state index in [0.717, 1.165) is 25.9 Å². The van der Waals surface area contributed by atoms with Crippen LogP contribution in [-0.2, 0) is 17.7 Å². The van der Waals surface area contributed by atoms with Crippen LogP contribution in [-0.4, -0.2) is 41.4 Å². The van der Waals surface area contributed by atoms with Crippen molar-refractivity contribution in [2.24, 2.45) is 0 Å². The molecule has 1 heterocycles. The first-order valence-corrected chi connectivity index (χ1v) is 7.61. The maximum absolute atomic E-state index is 10.1. The summed E-state index contributed by atoms with van der Waals surface area (Å²) in [6.45, 7) is 9.30. The predicted molar refractivity (Wildman–Crippen MR) is 81.8 cm³/mol. The van der Waals surface area contributed by atoms with Crippen LogP contribution in [0.4, 0.5) is 0 Å². The molecule has 2 rings (SSSR count). The van der Waals surface area contributed by atoms with Crippen LogP contribution in [0.2, 0.25) is 0 Å². The number of β-amino-alcohol motifs (C(OH)–C–C–N with tert-alkyl or cyclic N) is 1. The van der Waals surface area contributed by atoms with E-state index in [1.165, 1.54) is 11.1 Å². The molecule has 3 nitrogen and oxygen atoms in total. The Morgan fingerprint density at radius 1 is 1.30 bits per heavy atom. The first kappa shape index (κ1) is 15.5. The van der Waals surface area contributed by atoms with Crippen LogP contribution in [0.3, 0.4) is 0 Å². The van der Waals surface area contributed by atoms with Crippen molar-refractivity contribution >= 4 is 0 Å². The van der Waals surface area contributed by atoms with E-state index < -0.39 is 6.10 Å². The zero-order chi connectivity index (χ0) is 14.6. The summed E-state index contributed by atoms with van der Waals surface area (Å²) in [5.74, 6) is 0. The molecule has 3 heteroatoms. The molecule has 0 aliphatic carbocycles. The molecule has 0 saturated heterocycles. The molecule has 112 valence electrons. The molecule has 0 bridgehead atoms. The Bertz CT molecular complexity index is 431. The normalized spacial score (nSPS) is 17.8. The van der Waals surface area contributed by atoms with Crippen LogP contribution in [0.25, 0.3) is 0 Å². The summed E-state index contributed by atoms with van der Waals surface area (Å²) in [5, 5.41) is 10.1. The lowest BCUT2D eigenvalue weighted by Crippen LogP contribution is -2.39. The fourth-order valence-corrected chi connectivity index (χ4v) is 2.48. The van der Waals surface area contributed by atoms with E-state index in [1.807, 2.05) is 0 Å². The monoisotopic (exact) mass is 277 g/mol. The second kappa shape index (κ2) is 6.70. The van der Waals surface area contributed by atoms with Gasteiger partial charge in [-0.3, -0.25) is 4.90 Å². The van der Waals surface area contributed by atoms with Gasteiger partial charge in [0.05, 0.1) is 18.3 Å². The highest BCUT2D eigenvalue weighted by Crippen LogP contribution is 2.19. The van der Waals surface area contributed by atoms with Gasteiger partial charge in [-0.25, -0.2) is 0 Å². The lowest BCUT2D eigenvalue weighted by molar-refractivity contribution is -0.0679. The number of rotatable bonds is 6. The Morgan fingerprint density at radius 3 is 2.70 bits per heavy atom. The van der Waals surface area contributed by atoms with E-state index >= 15 is 0 Å². The fourth-order valence-electron chi connectivity index (χ4n) is 2.48. The van der Waals surface area contributed by atoms with E-state index in [-0.39, 0.29) is 5.60 Å². The van der Waals surface area contributed by atoms with Crippen molar-refractivity contribution in [2.45, 2.75) is 51.9 Å². The summed E-state index contributed by atoms with van der Waals surface area (Å²) >= 11 is 0. The van der Waals surface area contributed by atoms with Gasteiger partial charge in [-0.1, -0.05) is 31.2 Å². The van der Waals surface area contributed by atoms with Crippen molar-refractivity contribution in [1.29, 1.82) is 0 Å². The van der Waals surface area contributed by atoms with Crippen molar-refractivity contribution in [1.82, 2.24) is 4.90 Å². The van der Waals surface area contributed by atoms with E-state index in [2.05, 4.69) is 49.9 Å². The second-order valence-corrected chi connectivity index (χ2v) is 6.33. The van der Waals surface area contributed by atoms with E-state index in [0.29, 0.717) is 13.2 Å². The average molecular weight is 277 g/mol. The number of hydrogen-bond donors (Lipinski definition) is 1. The molecule has 0 amide bonds. The van der Waals surface area contributed by atoms with Gasteiger partial charge in [-0.2, -0.15) is 0 Å². The zero-order valence-corrected chi connectivity index (χ0v) is 12.9. The van der Waals surface area contributed by atoms with Gasteiger partial charge in [0.25, 0.3) is 0 Å².